The van der Waals surface area contributed by atoms with Crippen molar-refractivity contribution in [1.29, 1.82) is 0 Å². The van der Waals surface area contributed by atoms with Crippen molar-refractivity contribution in [2.75, 3.05) is 6.54 Å². The molecule has 1 aromatic heterocycles. The Balaban J connectivity index is 2.28. The summed E-state index contributed by atoms with van der Waals surface area (Å²) in [5.74, 6) is 0. The van der Waals surface area contributed by atoms with Gasteiger partial charge < -0.3 is 5.32 Å². The Labute approximate surface area is 136 Å². The molecule has 2 rings (SSSR count). The molecule has 1 aromatic carbocycles. The van der Waals surface area contributed by atoms with Crippen LogP contribution in [0.5, 0.6) is 0 Å². The van der Waals surface area contributed by atoms with Gasteiger partial charge in [0.2, 0.25) is 0 Å². The molecule has 0 spiro atoms. The fraction of sp³-hybridized carbons (Fsp3) is 0.389. The fourth-order valence-electron chi connectivity index (χ4n) is 2.48. The highest BCUT2D eigenvalue weighted by Gasteiger charge is 2.16. The van der Waals surface area contributed by atoms with Crippen LogP contribution in [-0.2, 0) is 6.42 Å². The lowest BCUT2D eigenvalue weighted by molar-refractivity contribution is 0.515. The number of hydrogen-bond acceptors (Lipinski definition) is 2. The number of pyridine rings is 1. The number of nitrogens with one attached hydrogen (secondary N) is 1. The Morgan fingerprint density at radius 1 is 1.24 bits per heavy atom. The highest BCUT2D eigenvalue weighted by atomic mass is 79.9. The average molecular weight is 347 g/mol. The van der Waals surface area contributed by atoms with Gasteiger partial charge in [0.05, 0.1) is 11.7 Å². The lowest BCUT2D eigenvalue weighted by atomic mass is 9.97. The fourth-order valence-corrected chi connectivity index (χ4v) is 3.01. The Morgan fingerprint density at radius 3 is 2.76 bits per heavy atom. The molecule has 0 radical (unpaired) electrons. The molecule has 1 heterocycles. The first-order valence-corrected chi connectivity index (χ1v) is 8.31. The second-order valence-corrected chi connectivity index (χ2v) is 6.37. The summed E-state index contributed by atoms with van der Waals surface area (Å²) < 4.78 is 1.07. The Kier molecular flexibility index (Phi) is 5.95. The average Bonchev–Trinajstić information content (AvgIpc) is 2.48. The minimum atomic E-state index is 0.237. The van der Waals surface area contributed by atoms with Crippen LogP contribution in [-0.4, -0.2) is 11.5 Å². The van der Waals surface area contributed by atoms with Crippen molar-refractivity contribution < 1.29 is 0 Å². The number of hydrogen-bond donors (Lipinski definition) is 1. The molecule has 0 saturated heterocycles. The summed E-state index contributed by atoms with van der Waals surface area (Å²) in [4.78, 5) is 4.57. The predicted molar refractivity (Wildman–Crippen MR) is 92.6 cm³/mol. The number of nitrogens with zero attached hydrogens (tertiary/aromatic N) is 1. The Hall–Kier alpha value is -1.19. The summed E-state index contributed by atoms with van der Waals surface area (Å²) in [5, 5.41) is 3.63. The first-order chi connectivity index (χ1) is 10.1. The molecule has 2 nitrogen and oxygen atoms in total. The van der Waals surface area contributed by atoms with Gasteiger partial charge in [-0.25, -0.2) is 0 Å². The second kappa shape index (κ2) is 7.71. The third-order valence-electron chi connectivity index (χ3n) is 3.69. The predicted octanol–water partition coefficient (Wildman–Crippen LogP) is 4.74. The number of aromatic nitrogens is 1. The highest BCUT2D eigenvalue weighted by Crippen LogP contribution is 2.25. The van der Waals surface area contributed by atoms with Crippen molar-refractivity contribution in [2.45, 2.75) is 39.7 Å². The molecular weight excluding hydrogens is 324 g/mol. The van der Waals surface area contributed by atoms with Gasteiger partial charge in [0, 0.05) is 10.7 Å². The minimum absolute atomic E-state index is 0.237. The molecule has 1 atom stereocenters. The number of aryl methyl sites for hydroxylation is 2. The van der Waals surface area contributed by atoms with Crippen LogP contribution in [0.3, 0.4) is 0 Å². The molecule has 1 unspecified atom stereocenters. The van der Waals surface area contributed by atoms with Crippen LogP contribution in [0.25, 0.3) is 0 Å². The molecule has 3 heteroatoms. The van der Waals surface area contributed by atoms with E-state index in [2.05, 4.69) is 71.3 Å². The minimum Gasteiger partial charge on any atom is -0.308 e. The van der Waals surface area contributed by atoms with Gasteiger partial charge in [-0.3, -0.25) is 4.98 Å². The third kappa shape index (κ3) is 4.39. The van der Waals surface area contributed by atoms with Crippen LogP contribution in [0.1, 0.15) is 41.8 Å². The zero-order chi connectivity index (χ0) is 15.2. The summed E-state index contributed by atoms with van der Waals surface area (Å²) in [5.41, 5.74) is 5.13. The van der Waals surface area contributed by atoms with E-state index < -0.39 is 0 Å². The van der Waals surface area contributed by atoms with Gasteiger partial charge >= 0.3 is 0 Å². The molecule has 0 saturated carbocycles. The maximum absolute atomic E-state index is 4.57. The lowest BCUT2D eigenvalue weighted by Gasteiger charge is -2.20. The molecule has 112 valence electrons. The zero-order valence-corrected chi connectivity index (χ0v) is 14.6. The molecule has 21 heavy (non-hydrogen) atoms. The van der Waals surface area contributed by atoms with Gasteiger partial charge in [-0.2, -0.15) is 0 Å². The van der Waals surface area contributed by atoms with E-state index in [0.29, 0.717) is 0 Å². The van der Waals surface area contributed by atoms with E-state index in [1.807, 2.05) is 12.3 Å². The second-order valence-electron chi connectivity index (χ2n) is 5.51. The number of rotatable bonds is 6. The monoisotopic (exact) mass is 346 g/mol. The van der Waals surface area contributed by atoms with E-state index in [9.17, 15) is 0 Å². The summed E-state index contributed by atoms with van der Waals surface area (Å²) in [6, 6.07) is 10.9. The van der Waals surface area contributed by atoms with Crippen molar-refractivity contribution in [3.05, 3.63) is 63.4 Å². The molecule has 0 aliphatic carbocycles. The van der Waals surface area contributed by atoms with Gasteiger partial charge in [0.25, 0.3) is 0 Å². The van der Waals surface area contributed by atoms with Crippen molar-refractivity contribution in [3.63, 3.8) is 0 Å². The smallest absolute Gasteiger partial charge is 0.0718 e. The number of benzene rings is 1. The normalized spacial score (nSPS) is 12.4. The summed E-state index contributed by atoms with van der Waals surface area (Å²) in [6.45, 7) is 7.52. The van der Waals surface area contributed by atoms with E-state index in [0.717, 1.165) is 29.6 Å². The van der Waals surface area contributed by atoms with Gasteiger partial charge in [-0.1, -0.05) is 30.7 Å². The van der Waals surface area contributed by atoms with E-state index >= 15 is 0 Å². The standard InChI is InChI=1S/C18H23BrN2/c1-4-9-20-17(18-16(19)6-5-10-21-18)12-15-11-13(2)7-8-14(15)3/h5-8,10-11,17,20H,4,9,12H2,1-3H3. The van der Waals surface area contributed by atoms with Gasteiger partial charge in [-0.15, -0.1) is 0 Å². The largest absolute Gasteiger partial charge is 0.308 e. The van der Waals surface area contributed by atoms with E-state index in [1.165, 1.54) is 16.7 Å². The van der Waals surface area contributed by atoms with E-state index in [4.69, 9.17) is 0 Å². The van der Waals surface area contributed by atoms with E-state index in [1.54, 1.807) is 0 Å². The van der Waals surface area contributed by atoms with Crippen LogP contribution in [0.15, 0.2) is 41.0 Å². The Bertz CT molecular complexity index is 596. The van der Waals surface area contributed by atoms with Crippen LogP contribution in [0, 0.1) is 13.8 Å². The van der Waals surface area contributed by atoms with Crippen molar-refractivity contribution in [3.8, 4) is 0 Å². The lowest BCUT2D eigenvalue weighted by Crippen LogP contribution is -2.25. The highest BCUT2D eigenvalue weighted by molar-refractivity contribution is 9.10. The molecule has 0 aliphatic rings. The topological polar surface area (TPSA) is 24.9 Å². The maximum Gasteiger partial charge on any atom is 0.0718 e. The van der Waals surface area contributed by atoms with Crippen LogP contribution < -0.4 is 5.32 Å². The maximum atomic E-state index is 4.57. The van der Waals surface area contributed by atoms with Crippen molar-refractivity contribution in [1.82, 2.24) is 10.3 Å². The molecule has 0 fully saturated rings. The quantitative estimate of drug-likeness (QED) is 0.816. The molecule has 2 aromatic rings. The van der Waals surface area contributed by atoms with Gasteiger partial charge in [0.15, 0.2) is 0 Å². The molecule has 0 aliphatic heterocycles. The summed E-state index contributed by atoms with van der Waals surface area (Å²) in [7, 11) is 0. The first kappa shape index (κ1) is 16.2. The number of halogens is 1. The van der Waals surface area contributed by atoms with Crippen molar-refractivity contribution in [2.24, 2.45) is 0 Å². The molecule has 1 N–H and O–H groups in total. The summed E-state index contributed by atoms with van der Waals surface area (Å²) >= 11 is 3.63. The van der Waals surface area contributed by atoms with Crippen LogP contribution >= 0.6 is 15.9 Å². The van der Waals surface area contributed by atoms with Crippen LogP contribution in [0.2, 0.25) is 0 Å². The SMILES string of the molecule is CCCNC(Cc1cc(C)ccc1C)c1ncccc1Br. The molecular formula is C18H23BrN2. The van der Waals surface area contributed by atoms with Gasteiger partial charge in [-0.05, 0) is 72.4 Å². The van der Waals surface area contributed by atoms with Crippen LogP contribution in [0.4, 0.5) is 0 Å². The van der Waals surface area contributed by atoms with Crippen molar-refractivity contribution >= 4 is 15.9 Å². The molecule has 0 amide bonds. The van der Waals surface area contributed by atoms with E-state index in [-0.39, 0.29) is 6.04 Å². The first-order valence-electron chi connectivity index (χ1n) is 7.51. The Morgan fingerprint density at radius 2 is 2.05 bits per heavy atom. The molecule has 0 bridgehead atoms. The third-order valence-corrected chi connectivity index (χ3v) is 4.36. The van der Waals surface area contributed by atoms with Gasteiger partial charge in [0.1, 0.15) is 0 Å². The summed E-state index contributed by atoms with van der Waals surface area (Å²) in [6.07, 6.45) is 3.95. The zero-order valence-electron chi connectivity index (χ0n) is 13.0.